The fraction of sp³-hybridized carbons (Fsp3) is 0.133. The second-order valence-electron chi connectivity index (χ2n) is 4.24. The second kappa shape index (κ2) is 4.83. The van der Waals surface area contributed by atoms with Gasteiger partial charge in [0.25, 0.3) is 0 Å². The molecule has 1 N–H and O–H groups in total. The zero-order valence-electron chi connectivity index (χ0n) is 9.86. The van der Waals surface area contributed by atoms with Crippen LogP contribution in [0.2, 0.25) is 0 Å². The van der Waals surface area contributed by atoms with Crippen LogP contribution in [0.5, 0.6) is 0 Å². The number of rotatable bonds is 3. The number of halogens is 1. The Bertz CT molecular complexity index is 659. The number of H-pyrrole nitrogens is 1. The Morgan fingerprint density at radius 3 is 2.72 bits per heavy atom. The van der Waals surface area contributed by atoms with E-state index in [0.29, 0.717) is 5.88 Å². The third-order valence-electron chi connectivity index (χ3n) is 3.09. The molecule has 2 nitrogen and oxygen atoms in total. The maximum Gasteiger partial charge on any atom is 0.137 e. The summed E-state index contributed by atoms with van der Waals surface area (Å²) in [5.41, 5.74) is 4.48. The van der Waals surface area contributed by atoms with E-state index < -0.39 is 0 Å². The summed E-state index contributed by atoms with van der Waals surface area (Å²) in [4.78, 5) is 7.64. The number of hydrogen-bond acceptors (Lipinski definition) is 1. The molecule has 0 aliphatic rings. The average Bonchev–Trinajstić information content (AvgIpc) is 2.83. The van der Waals surface area contributed by atoms with E-state index in [1.807, 2.05) is 30.6 Å². The molecule has 0 saturated carbocycles. The molecule has 0 unspecified atom stereocenters. The number of alkyl halides is 1. The lowest BCUT2D eigenvalue weighted by molar-refractivity contribution is 1.16. The Balaban J connectivity index is 2.12. The van der Waals surface area contributed by atoms with Crippen LogP contribution in [-0.2, 0) is 6.42 Å². The van der Waals surface area contributed by atoms with Gasteiger partial charge in [-0.1, -0.05) is 30.3 Å². The van der Waals surface area contributed by atoms with E-state index in [1.54, 1.807) is 0 Å². The molecule has 3 aromatic rings. The average molecular weight is 257 g/mol. The van der Waals surface area contributed by atoms with Crippen LogP contribution in [0.3, 0.4) is 0 Å². The van der Waals surface area contributed by atoms with Gasteiger partial charge < -0.3 is 4.98 Å². The van der Waals surface area contributed by atoms with Crippen LogP contribution in [-0.4, -0.2) is 15.8 Å². The van der Waals surface area contributed by atoms with Crippen LogP contribution >= 0.6 is 11.6 Å². The van der Waals surface area contributed by atoms with E-state index in [0.717, 1.165) is 23.0 Å². The fourth-order valence-electron chi connectivity index (χ4n) is 2.15. The number of aromatic nitrogens is 2. The molecule has 18 heavy (non-hydrogen) atoms. The van der Waals surface area contributed by atoms with E-state index in [2.05, 4.69) is 28.2 Å². The number of aryl methyl sites for hydroxylation is 1. The first kappa shape index (κ1) is 11.3. The van der Waals surface area contributed by atoms with Crippen molar-refractivity contribution in [1.82, 2.24) is 9.97 Å². The Morgan fingerprint density at radius 2 is 1.94 bits per heavy atom. The van der Waals surface area contributed by atoms with E-state index >= 15 is 0 Å². The van der Waals surface area contributed by atoms with Gasteiger partial charge in [0.2, 0.25) is 0 Å². The van der Waals surface area contributed by atoms with Crippen molar-refractivity contribution in [2.24, 2.45) is 0 Å². The molecule has 90 valence electrons. The first-order chi connectivity index (χ1) is 8.88. The van der Waals surface area contributed by atoms with Crippen LogP contribution < -0.4 is 0 Å². The number of nitrogens with one attached hydrogen (secondary N) is 1. The van der Waals surface area contributed by atoms with Gasteiger partial charge in [-0.15, -0.1) is 11.6 Å². The topological polar surface area (TPSA) is 28.7 Å². The first-order valence-electron chi connectivity index (χ1n) is 5.96. The molecule has 0 aliphatic carbocycles. The summed E-state index contributed by atoms with van der Waals surface area (Å²) in [5.74, 6) is 0.627. The van der Waals surface area contributed by atoms with Gasteiger partial charge in [0.15, 0.2) is 0 Å². The van der Waals surface area contributed by atoms with Crippen LogP contribution in [0, 0.1) is 0 Å². The van der Waals surface area contributed by atoms with Crippen molar-refractivity contribution in [1.29, 1.82) is 0 Å². The highest BCUT2D eigenvalue weighted by atomic mass is 35.5. The number of aromatic amines is 1. The van der Waals surface area contributed by atoms with E-state index in [-0.39, 0.29) is 0 Å². The number of benzene rings is 1. The largest absolute Gasteiger partial charge is 0.346 e. The van der Waals surface area contributed by atoms with Crippen molar-refractivity contribution in [3.8, 4) is 11.1 Å². The Kier molecular flexibility index (Phi) is 3.03. The normalized spacial score (nSPS) is 10.9. The predicted octanol–water partition coefficient (Wildman–Crippen LogP) is 4.01. The molecule has 1 aromatic carbocycles. The molecule has 2 aromatic heterocycles. The molecule has 0 atom stereocenters. The summed E-state index contributed by atoms with van der Waals surface area (Å²) in [7, 11) is 0. The smallest absolute Gasteiger partial charge is 0.137 e. The quantitative estimate of drug-likeness (QED) is 0.705. The van der Waals surface area contributed by atoms with Crippen LogP contribution in [0.4, 0.5) is 0 Å². The number of pyridine rings is 1. The molecule has 0 bridgehead atoms. The minimum Gasteiger partial charge on any atom is -0.346 e. The van der Waals surface area contributed by atoms with Gasteiger partial charge in [-0.2, -0.15) is 0 Å². The molecular formula is C15H13ClN2. The molecular weight excluding hydrogens is 244 g/mol. The molecule has 0 spiro atoms. The zero-order chi connectivity index (χ0) is 12.4. The lowest BCUT2D eigenvalue weighted by Crippen LogP contribution is -1.85. The highest BCUT2D eigenvalue weighted by Crippen LogP contribution is 2.24. The standard InChI is InChI=1S/C15H13ClN2/c16-7-6-12-9-17-15-14(12)8-13(10-18-15)11-4-2-1-3-5-11/h1-5,8-10H,6-7H2,(H,17,18). The maximum absolute atomic E-state index is 5.82. The molecule has 0 saturated heterocycles. The summed E-state index contributed by atoms with van der Waals surface area (Å²) in [6.07, 6.45) is 4.76. The zero-order valence-corrected chi connectivity index (χ0v) is 10.6. The lowest BCUT2D eigenvalue weighted by atomic mass is 10.1. The summed E-state index contributed by atoms with van der Waals surface area (Å²) in [6, 6.07) is 12.5. The number of hydrogen-bond donors (Lipinski definition) is 1. The molecule has 2 heterocycles. The van der Waals surface area contributed by atoms with E-state index in [9.17, 15) is 0 Å². The molecule has 0 fully saturated rings. The Morgan fingerprint density at radius 1 is 1.11 bits per heavy atom. The van der Waals surface area contributed by atoms with E-state index in [4.69, 9.17) is 11.6 Å². The van der Waals surface area contributed by atoms with Crippen LogP contribution in [0.25, 0.3) is 22.2 Å². The van der Waals surface area contributed by atoms with Gasteiger partial charge in [-0.25, -0.2) is 4.98 Å². The molecule has 0 radical (unpaired) electrons. The second-order valence-corrected chi connectivity index (χ2v) is 4.62. The minimum atomic E-state index is 0.627. The fourth-order valence-corrected chi connectivity index (χ4v) is 2.36. The minimum absolute atomic E-state index is 0.627. The third kappa shape index (κ3) is 2.00. The summed E-state index contributed by atoms with van der Waals surface area (Å²) in [6.45, 7) is 0. The third-order valence-corrected chi connectivity index (χ3v) is 3.28. The van der Waals surface area contributed by atoms with Gasteiger partial charge >= 0.3 is 0 Å². The molecule has 0 amide bonds. The Hall–Kier alpha value is -1.80. The first-order valence-corrected chi connectivity index (χ1v) is 6.49. The SMILES string of the molecule is ClCCc1c[nH]c2ncc(-c3ccccc3)cc12. The molecule has 3 heteroatoms. The monoisotopic (exact) mass is 256 g/mol. The van der Waals surface area contributed by atoms with Crippen molar-refractivity contribution >= 4 is 22.6 Å². The van der Waals surface area contributed by atoms with Crippen molar-refractivity contribution in [2.45, 2.75) is 6.42 Å². The van der Waals surface area contributed by atoms with Crippen molar-refractivity contribution in [3.63, 3.8) is 0 Å². The number of fused-ring (bicyclic) bond motifs is 1. The summed E-state index contributed by atoms with van der Waals surface area (Å²) in [5, 5.41) is 1.16. The predicted molar refractivity (Wildman–Crippen MR) is 76.0 cm³/mol. The van der Waals surface area contributed by atoms with Crippen molar-refractivity contribution in [3.05, 3.63) is 54.4 Å². The summed E-state index contributed by atoms with van der Waals surface area (Å²) < 4.78 is 0. The highest BCUT2D eigenvalue weighted by molar-refractivity contribution is 6.18. The van der Waals surface area contributed by atoms with Gasteiger partial charge in [0, 0.05) is 29.2 Å². The van der Waals surface area contributed by atoms with Gasteiger partial charge in [-0.05, 0) is 23.6 Å². The van der Waals surface area contributed by atoms with Gasteiger partial charge in [0.1, 0.15) is 5.65 Å². The highest BCUT2D eigenvalue weighted by Gasteiger charge is 2.06. The van der Waals surface area contributed by atoms with Crippen molar-refractivity contribution < 1.29 is 0 Å². The van der Waals surface area contributed by atoms with Crippen LogP contribution in [0.1, 0.15) is 5.56 Å². The summed E-state index contributed by atoms with van der Waals surface area (Å²) >= 11 is 5.82. The van der Waals surface area contributed by atoms with E-state index in [1.165, 1.54) is 11.1 Å². The molecule has 0 aliphatic heterocycles. The van der Waals surface area contributed by atoms with Crippen molar-refractivity contribution in [2.75, 3.05) is 5.88 Å². The lowest BCUT2D eigenvalue weighted by Gasteiger charge is -2.02. The molecule has 3 rings (SSSR count). The van der Waals surface area contributed by atoms with Gasteiger partial charge in [-0.3, -0.25) is 0 Å². The van der Waals surface area contributed by atoms with Crippen LogP contribution in [0.15, 0.2) is 48.8 Å². The van der Waals surface area contributed by atoms with Gasteiger partial charge in [0.05, 0.1) is 0 Å². The maximum atomic E-state index is 5.82. The number of nitrogens with zero attached hydrogens (tertiary/aromatic N) is 1. The Labute approximate surface area is 111 Å².